The molecule has 4 rings (SSSR count). The number of ether oxygens (including phenoxy) is 4. The molecule has 8 nitrogen and oxygen atoms in total. The summed E-state index contributed by atoms with van der Waals surface area (Å²) in [6.45, 7) is 2.20. The first-order valence-corrected chi connectivity index (χ1v) is 10.6. The van der Waals surface area contributed by atoms with Crippen molar-refractivity contribution in [3.63, 3.8) is 0 Å². The van der Waals surface area contributed by atoms with E-state index in [4.69, 9.17) is 24.7 Å². The monoisotopic (exact) mass is 459 g/mol. The molecule has 0 aliphatic carbocycles. The molecule has 0 saturated carbocycles. The number of rotatable bonds is 6. The smallest absolute Gasteiger partial charge is 0.259 e. The molecule has 0 saturated heterocycles. The molecule has 0 bridgehead atoms. The molecule has 174 valence electrons. The molecule has 1 aliphatic rings. The second-order valence-electron chi connectivity index (χ2n) is 7.81. The fourth-order valence-corrected chi connectivity index (χ4v) is 4.24. The molecule has 1 atom stereocenters. The highest BCUT2D eigenvalue weighted by Gasteiger charge is 2.36. The number of hydrogen-bond donors (Lipinski definition) is 1. The van der Waals surface area contributed by atoms with Crippen molar-refractivity contribution in [3.05, 3.63) is 92.7 Å². The normalized spacial score (nSPS) is 14.6. The summed E-state index contributed by atoms with van der Waals surface area (Å²) in [5, 5.41) is 9.99. The maximum atomic E-state index is 13.9. The van der Waals surface area contributed by atoms with Crippen LogP contribution in [0.25, 0.3) is 0 Å². The van der Waals surface area contributed by atoms with Crippen molar-refractivity contribution in [1.29, 1.82) is 5.26 Å². The topological polar surface area (TPSA) is 109 Å². The Morgan fingerprint density at radius 2 is 1.68 bits per heavy atom. The maximum absolute atomic E-state index is 13.9. The van der Waals surface area contributed by atoms with Crippen LogP contribution < -0.4 is 30.2 Å². The summed E-state index contributed by atoms with van der Waals surface area (Å²) in [7, 11) is 4.54. The van der Waals surface area contributed by atoms with Gasteiger partial charge in [-0.1, -0.05) is 30.3 Å². The molecule has 2 N–H and O–H groups in total. The fraction of sp³-hybridized carbons (Fsp3) is 0.231. The Hall–Kier alpha value is -4.38. The summed E-state index contributed by atoms with van der Waals surface area (Å²) in [6, 6.07) is 16.9. The van der Waals surface area contributed by atoms with Gasteiger partial charge < -0.3 is 29.2 Å². The average Bonchev–Trinajstić information content (AvgIpc) is 2.85. The van der Waals surface area contributed by atoms with Crippen LogP contribution in [0, 0.1) is 18.3 Å². The molecule has 0 spiro atoms. The molecule has 8 heteroatoms. The molecule has 2 heterocycles. The van der Waals surface area contributed by atoms with Gasteiger partial charge in [0.25, 0.3) is 5.56 Å². The number of methoxy groups -OCH3 is 3. The van der Waals surface area contributed by atoms with E-state index in [1.807, 2.05) is 37.3 Å². The van der Waals surface area contributed by atoms with Crippen molar-refractivity contribution in [3.8, 4) is 29.1 Å². The molecule has 0 unspecified atom stereocenters. The first kappa shape index (κ1) is 22.8. The number of nitrogens with two attached hydrogens (primary N) is 1. The maximum Gasteiger partial charge on any atom is 0.259 e. The zero-order valence-electron chi connectivity index (χ0n) is 19.4. The van der Waals surface area contributed by atoms with E-state index in [1.165, 1.54) is 21.3 Å². The van der Waals surface area contributed by atoms with Gasteiger partial charge in [-0.15, -0.1) is 0 Å². The molecule has 0 fully saturated rings. The number of aryl methyl sites for hydroxylation is 1. The molecular formula is C26H25N3O5. The number of nitrogens with zero attached hydrogens (tertiary/aromatic N) is 2. The zero-order valence-corrected chi connectivity index (χ0v) is 19.4. The lowest BCUT2D eigenvalue weighted by Crippen LogP contribution is -2.33. The quantitative estimate of drug-likeness (QED) is 0.601. The van der Waals surface area contributed by atoms with E-state index in [9.17, 15) is 10.1 Å². The van der Waals surface area contributed by atoms with Crippen LogP contribution >= 0.6 is 0 Å². The summed E-state index contributed by atoms with van der Waals surface area (Å²) >= 11 is 0. The van der Waals surface area contributed by atoms with Gasteiger partial charge in [-0.25, -0.2) is 0 Å². The highest BCUT2D eigenvalue weighted by Crippen LogP contribution is 2.46. The van der Waals surface area contributed by atoms with Crippen LogP contribution in [0.15, 0.2) is 64.8 Å². The van der Waals surface area contributed by atoms with Crippen LogP contribution in [0.3, 0.4) is 0 Å². The van der Waals surface area contributed by atoms with E-state index in [-0.39, 0.29) is 17.0 Å². The highest BCUT2D eigenvalue weighted by molar-refractivity contribution is 5.61. The van der Waals surface area contributed by atoms with Crippen molar-refractivity contribution in [2.45, 2.75) is 19.4 Å². The van der Waals surface area contributed by atoms with Crippen LogP contribution in [0.4, 0.5) is 0 Å². The summed E-state index contributed by atoms with van der Waals surface area (Å²) in [5.41, 5.74) is 8.50. The van der Waals surface area contributed by atoms with Crippen LogP contribution in [0.2, 0.25) is 0 Å². The van der Waals surface area contributed by atoms with Crippen molar-refractivity contribution in [1.82, 2.24) is 4.57 Å². The van der Waals surface area contributed by atoms with E-state index in [0.717, 1.165) is 5.56 Å². The molecule has 0 amide bonds. The molecule has 34 heavy (non-hydrogen) atoms. The van der Waals surface area contributed by atoms with Gasteiger partial charge in [0.2, 0.25) is 5.88 Å². The first-order chi connectivity index (χ1) is 16.4. The molecule has 2 aromatic carbocycles. The Morgan fingerprint density at radius 3 is 2.29 bits per heavy atom. The fourth-order valence-electron chi connectivity index (χ4n) is 4.24. The molecule has 1 aliphatic heterocycles. The summed E-state index contributed by atoms with van der Waals surface area (Å²) in [6.07, 6.45) is 0. The second kappa shape index (κ2) is 9.24. The van der Waals surface area contributed by atoms with Gasteiger partial charge in [-0.05, 0) is 18.6 Å². The van der Waals surface area contributed by atoms with Gasteiger partial charge in [-0.3, -0.25) is 4.79 Å². The lowest BCUT2D eigenvalue weighted by Gasteiger charge is -2.28. The van der Waals surface area contributed by atoms with Crippen molar-refractivity contribution in [2.75, 3.05) is 21.3 Å². The second-order valence-corrected chi connectivity index (χ2v) is 7.81. The van der Waals surface area contributed by atoms with Gasteiger partial charge in [0.15, 0.2) is 11.5 Å². The number of allylic oxidation sites excluding steroid dienone is 1. The number of aromatic nitrogens is 1. The Morgan fingerprint density at radius 1 is 1.03 bits per heavy atom. The average molecular weight is 460 g/mol. The van der Waals surface area contributed by atoms with Crippen LogP contribution in [0.1, 0.15) is 28.3 Å². The number of pyridine rings is 1. The van der Waals surface area contributed by atoms with Crippen molar-refractivity contribution in [2.24, 2.45) is 5.73 Å². The third kappa shape index (κ3) is 3.82. The van der Waals surface area contributed by atoms with Gasteiger partial charge in [-0.2, -0.15) is 5.26 Å². The minimum absolute atomic E-state index is 0.0588. The number of hydrogen-bond acceptors (Lipinski definition) is 7. The summed E-state index contributed by atoms with van der Waals surface area (Å²) in [5.74, 6) is 0.737. The van der Waals surface area contributed by atoms with Gasteiger partial charge >= 0.3 is 0 Å². The summed E-state index contributed by atoms with van der Waals surface area (Å²) in [4.78, 5) is 13.9. The largest absolute Gasteiger partial charge is 0.496 e. The third-order valence-corrected chi connectivity index (χ3v) is 5.92. The lowest BCUT2D eigenvalue weighted by molar-refractivity contribution is 0.346. The highest BCUT2D eigenvalue weighted by atomic mass is 16.5. The lowest BCUT2D eigenvalue weighted by atomic mass is 9.83. The summed E-state index contributed by atoms with van der Waals surface area (Å²) < 4.78 is 23.9. The van der Waals surface area contributed by atoms with Crippen LogP contribution in [0.5, 0.6) is 23.0 Å². The molecule has 3 aromatic rings. The Labute approximate surface area is 197 Å². The number of fused-ring (bicyclic) bond motifs is 1. The molecule has 0 radical (unpaired) electrons. The van der Waals surface area contributed by atoms with E-state index in [0.29, 0.717) is 46.4 Å². The first-order valence-electron chi connectivity index (χ1n) is 10.6. The van der Waals surface area contributed by atoms with Gasteiger partial charge in [0.1, 0.15) is 23.1 Å². The minimum atomic E-state index is -0.821. The molecule has 1 aromatic heterocycles. The predicted octanol–water partition coefficient (Wildman–Crippen LogP) is 3.45. The third-order valence-electron chi connectivity index (χ3n) is 5.92. The van der Waals surface area contributed by atoms with E-state index < -0.39 is 5.92 Å². The number of nitriles is 1. The Balaban J connectivity index is 1.99. The SMILES string of the molecule is COc1cc(OC)c([C@@H]2C(C#N)=C(N)Oc3cc(C)n(Cc4ccccc4)c(=O)c32)cc1OC. The predicted molar refractivity (Wildman–Crippen MR) is 126 cm³/mol. The van der Waals surface area contributed by atoms with Gasteiger partial charge in [0.05, 0.1) is 39.4 Å². The van der Waals surface area contributed by atoms with E-state index >= 15 is 0 Å². The minimum Gasteiger partial charge on any atom is -0.496 e. The van der Waals surface area contributed by atoms with Crippen LogP contribution in [-0.2, 0) is 6.54 Å². The standard InChI is InChI=1S/C26H25N3O5/c1-15-10-22-24(26(30)29(15)14-16-8-6-5-7-9-16)23(18(13-27)25(28)34-22)17-11-20(32-3)21(33-4)12-19(17)31-2/h5-12,23H,14,28H2,1-4H3/t23-/m1/s1. The van der Waals surface area contributed by atoms with Crippen LogP contribution in [-0.4, -0.2) is 25.9 Å². The van der Waals surface area contributed by atoms with E-state index in [1.54, 1.807) is 22.8 Å². The zero-order chi connectivity index (χ0) is 24.4. The Kier molecular flexibility index (Phi) is 6.19. The van der Waals surface area contributed by atoms with Crippen molar-refractivity contribution >= 4 is 0 Å². The Bertz CT molecular complexity index is 1370. The van der Waals surface area contributed by atoms with Gasteiger partial charge in [0, 0.05) is 23.4 Å². The number of benzene rings is 2. The van der Waals surface area contributed by atoms with E-state index in [2.05, 4.69) is 6.07 Å². The molecular weight excluding hydrogens is 434 g/mol. The van der Waals surface area contributed by atoms with Crippen molar-refractivity contribution < 1.29 is 18.9 Å².